The molecule has 9 nitrogen and oxygen atoms in total. The van der Waals surface area contributed by atoms with Gasteiger partial charge in [0.25, 0.3) is 11.7 Å². The number of oxazole rings is 1. The fraction of sp³-hybridized carbons (Fsp3) is 0.529. The SMILES string of the molecule is CC(C)(C)OC(=O)N1CCC(Nc2nc3c([N+](=O)[O-])cccc3o2)CC1. The van der Waals surface area contributed by atoms with Crippen molar-refractivity contribution < 1.29 is 18.9 Å². The molecule has 1 aliphatic rings. The van der Waals surface area contributed by atoms with Crippen LogP contribution in [0.2, 0.25) is 0 Å². The molecule has 0 radical (unpaired) electrons. The molecule has 0 bridgehead atoms. The Labute approximate surface area is 150 Å². The van der Waals surface area contributed by atoms with E-state index in [-0.39, 0.29) is 29.4 Å². The molecule has 0 atom stereocenters. The molecule has 1 saturated heterocycles. The number of nitro benzene ring substituents is 1. The van der Waals surface area contributed by atoms with E-state index in [4.69, 9.17) is 9.15 Å². The lowest BCUT2D eigenvalue weighted by Crippen LogP contribution is -2.44. The van der Waals surface area contributed by atoms with Crippen molar-refractivity contribution in [3.8, 4) is 0 Å². The number of non-ortho nitro benzene ring substituents is 1. The number of nitrogens with one attached hydrogen (secondary N) is 1. The summed E-state index contributed by atoms with van der Waals surface area (Å²) in [5.41, 5.74) is -0.00263. The Morgan fingerprint density at radius 2 is 2.08 bits per heavy atom. The normalized spacial score (nSPS) is 15.9. The number of aromatic nitrogens is 1. The van der Waals surface area contributed by atoms with Gasteiger partial charge in [0.1, 0.15) is 5.60 Å². The highest BCUT2D eigenvalue weighted by molar-refractivity contribution is 5.84. The van der Waals surface area contributed by atoms with Crippen LogP contribution in [0.1, 0.15) is 33.6 Å². The Morgan fingerprint density at radius 3 is 2.69 bits per heavy atom. The zero-order valence-electron chi connectivity index (χ0n) is 15.0. The molecule has 0 spiro atoms. The molecule has 1 N–H and O–H groups in total. The number of fused-ring (bicyclic) bond motifs is 1. The van der Waals surface area contributed by atoms with Gasteiger partial charge >= 0.3 is 6.09 Å². The van der Waals surface area contributed by atoms with Crippen molar-refractivity contribution in [1.82, 2.24) is 9.88 Å². The number of piperidine rings is 1. The van der Waals surface area contributed by atoms with Crippen molar-refractivity contribution >= 4 is 28.9 Å². The van der Waals surface area contributed by atoms with E-state index in [1.54, 1.807) is 17.0 Å². The van der Waals surface area contributed by atoms with Crippen LogP contribution in [0.25, 0.3) is 11.1 Å². The molecule has 2 aromatic rings. The second-order valence-electron chi connectivity index (χ2n) is 7.29. The molecule has 0 aliphatic carbocycles. The maximum Gasteiger partial charge on any atom is 0.410 e. The molecule has 26 heavy (non-hydrogen) atoms. The van der Waals surface area contributed by atoms with Gasteiger partial charge in [-0.3, -0.25) is 10.1 Å². The summed E-state index contributed by atoms with van der Waals surface area (Å²) in [6.07, 6.45) is 1.11. The smallest absolute Gasteiger partial charge is 0.410 e. The minimum atomic E-state index is -0.515. The van der Waals surface area contributed by atoms with Gasteiger partial charge in [-0.05, 0) is 39.7 Å². The van der Waals surface area contributed by atoms with E-state index in [1.165, 1.54) is 6.07 Å². The summed E-state index contributed by atoms with van der Waals surface area (Å²) in [6, 6.07) is 4.93. The monoisotopic (exact) mass is 362 g/mol. The Kier molecular flexibility index (Phi) is 4.71. The number of amides is 1. The van der Waals surface area contributed by atoms with E-state index in [2.05, 4.69) is 10.3 Å². The van der Waals surface area contributed by atoms with Crippen LogP contribution in [0.5, 0.6) is 0 Å². The summed E-state index contributed by atoms with van der Waals surface area (Å²) in [5, 5.41) is 14.2. The minimum Gasteiger partial charge on any atom is -0.444 e. The number of para-hydroxylation sites is 1. The lowest BCUT2D eigenvalue weighted by atomic mass is 10.1. The highest BCUT2D eigenvalue weighted by Gasteiger charge is 2.27. The molecule has 1 fully saturated rings. The average Bonchev–Trinajstić information content (AvgIpc) is 2.95. The molecule has 0 saturated carbocycles. The molecule has 140 valence electrons. The van der Waals surface area contributed by atoms with E-state index in [0.29, 0.717) is 31.5 Å². The molecule has 1 aromatic carbocycles. The third-order valence-electron chi connectivity index (χ3n) is 4.07. The summed E-state index contributed by atoms with van der Waals surface area (Å²) in [5.74, 6) is 0. The predicted octanol–water partition coefficient (Wildman–Crippen LogP) is 3.55. The number of ether oxygens (including phenoxy) is 1. The van der Waals surface area contributed by atoms with Gasteiger partial charge in [0.15, 0.2) is 11.1 Å². The number of likely N-dealkylation sites (tertiary alicyclic amines) is 1. The topological polar surface area (TPSA) is 111 Å². The number of anilines is 1. The fourth-order valence-electron chi connectivity index (χ4n) is 2.85. The van der Waals surface area contributed by atoms with Gasteiger partial charge in [-0.1, -0.05) is 6.07 Å². The molecule has 2 heterocycles. The highest BCUT2D eigenvalue weighted by atomic mass is 16.6. The third-order valence-corrected chi connectivity index (χ3v) is 4.07. The van der Waals surface area contributed by atoms with E-state index in [9.17, 15) is 14.9 Å². The predicted molar refractivity (Wildman–Crippen MR) is 95.1 cm³/mol. The molecule has 0 unspecified atom stereocenters. The van der Waals surface area contributed by atoms with Crippen molar-refractivity contribution in [2.24, 2.45) is 0 Å². The quantitative estimate of drug-likeness (QED) is 0.656. The number of carbonyl (C=O) groups excluding carboxylic acids is 1. The summed E-state index contributed by atoms with van der Waals surface area (Å²) >= 11 is 0. The van der Waals surface area contributed by atoms with E-state index in [0.717, 1.165) is 0 Å². The van der Waals surface area contributed by atoms with Gasteiger partial charge in [0.2, 0.25) is 0 Å². The van der Waals surface area contributed by atoms with Gasteiger partial charge in [0, 0.05) is 25.2 Å². The van der Waals surface area contributed by atoms with Crippen LogP contribution in [-0.4, -0.2) is 45.6 Å². The third kappa shape index (κ3) is 4.04. The molecule has 3 rings (SSSR count). The van der Waals surface area contributed by atoms with Crippen LogP contribution in [0.3, 0.4) is 0 Å². The number of benzene rings is 1. The van der Waals surface area contributed by atoms with Crippen LogP contribution in [-0.2, 0) is 4.74 Å². The second-order valence-corrected chi connectivity index (χ2v) is 7.29. The average molecular weight is 362 g/mol. The lowest BCUT2D eigenvalue weighted by molar-refractivity contribution is -0.383. The number of hydrogen-bond acceptors (Lipinski definition) is 7. The first kappa shape index (κ1) is 18.0. The molecule has 9 heteroatoms. The van der Waals surface area contributed by atoms with Crippen LogP contribution < -0.4 is 5.32 Å². The zero-order chi connectivity index (χ0) is 18.9. The maximum absolute atomic E-state index is 12.1. The summed E-state index contributed by atoms with van der Waals surface area (Å²) < 4.78 is 10.9. The lowest BCUT2D eigenvalue weighted by Gasteiger charge is -2.33. The van der Waals surface area contributed by atoms with Crippen molar-refractivity contribution in [1.29, 1.82) is 0 Å². The van der Waals surface area contributed by atoms with Crippen molar-refractivity contribution in [3.05, 3.63) is 28.3 Å². The fourth-order valence-corrected chi connectivity index (χ4v) is 2.85. The van der Waals surface area contributed by atoms with Gasteiger partial charge in [-0.15, -0.1) is 0 Å². The Morgan fingerprint density at radius 1 is 1.38 bits per heavy atom. The van der Waals surface area contributed by atoms with Gasteiger partial charge in [-0.25, -0.2) is 4.79 Å². The number of nitro groups is 1. The standard InChI is InChI=1S/C17H22N4O5/c1-17(2,3)26-16(22)20-9-7-11(8-10-20)18-15-19-14-12(21(23)24)5-4-6-13(14)25-15/h4-6,11H,7-10H2,1-3H3,(H,18,19). The Hall–Kier alpha value is -2.84. The maximum atomic E-state index is 12.1. The van der Waals surface area contributed by atoms with E-state index >= 15 is 0 Å². The highest BCUT2D eigenvalue weighted by Crippen LogP contribution is 2.28. The van der Waals surface area contributed by atoms with Gasteiger partial charge < -0.3 is 19.4 Å². The number of nitrogens with zero attached hydrogens (tertiary/aromatic N) is 3. The van der Waals surface area contributed by atoms with Gasteiger partial charge in [0.05, 0.1) is 4.92 Å². The minimum absolute atomic E-state index is 0.0702. The summed E-state index contributed by atoms with van der Waals surface area (Å²) in [7, 11) is 0. The van der Waals surface area contributed by atoms with Crippen LogP contribution in [0.4, 0.5) is 16.5 Å². The summed E-state index contributed by atoms with van der Waals surface area (Å²) in [6.45, 7) is 6.64. The number of rotatable bonds is 3. The molecular formula is C17H22N4O5. The number of hydrogen-bond donors (Lipinski definition) is 1. The summed E-state index contributed by atoms with van der Waals surface area (Å²) in [4.78, 5) is 28.6. The second kappa shape index (κ2) is 6.81. The molecule has 1 amide bonds. The molecule has 1 aliphatic heterocycles. The zero-order valence-corrected chi connectivity index (χ0v) is 15.0. The molecular weight excluding hydrogens is 340 g/mol. The van der Waals surface area contributed by atoms with Crippen molar-refractivity contribution in [2.75, 3.05) is 18.4 Å². The first-order valence-corrected chi connectivity index (χ1v) is 8.51. The Bertz CT molecular complexity index is 818. The first-order chi connectivity index (χ1) is 12.2. The first-order valence-electron chi connectivity index (χ1n) is 8.51. The largest absolute Gasteiger partial charge is 0.444 e. The van der Waals surface area contributed by atoms with Crippen molar-refractivity contribution in [3.63, 3.8) is 0 Å². The van der Waals surface area contributed by atoms with E-state index < -0.39 is 10.5 Å². The van der Waals surface area contributed by atoms with Gasteiger partial charge in [-0.2, -0.15) is 4.98 Å². The van der Waals surface area contributed by atoms with Crippen LogP contribution in [0.15, 0.2) is 22.6 Å². The van der Waals surface area contributed by atoms with Crippen LogP contribution >= 0.6 is 0 Å². The number of carbonyl (C=O) groups is 1. The van der Waals surface area contributed by atoms with Crippen molar-refractivity contribution in [2.45, 2.75) is 45.3 Å². The van der Waals surface area contributed by atoms with Crippen LogP contribution in [0, 0.1) is 10.1 Å². The Balaban J connectivity index is 1.61. The van der Waals surface area contributed by atoms with E-state index in [1.807, 2.05) is 20.8 Å². The molecule has 1 aromatic heterocycles.